The molecule has 70 valence electrons. The van der Waals surface area contributed by atoms with Crippen LogP contribution in [0.5, 0.6) is 0 Å². The normalized spacial score (nSPS) is 30.7. The summed E-state index contributed by atoms with van der Waals surface area (Å²) in [5, 5.41) is 16.4. The van der Waals surface area contributed by atoms with Crippen molar-refractivity contribution in [1.82, 2.24) is 0 Å². The van der Waals surface area contributed by atoms with Crippen LogP contribution in [-0.4, -0.2) is 43.9 Å². The van der Waals surface area contributed by atoms with E-state index in [0.717, 1.165) is 0 Å². The zero-order valence-electron chi connectivity index (χ0n) is 7.25. The van der Waals surface area contributed by atoms with E-state index < -0.39 is 0 Å². The fraction of sp³-hybridized carbons (Fsp3) is 0.875. The van der Waals surface area contributed by atoms with Crippen molar-refractivity contribution < 1.29 is 14.6 Å². The number of nitrogens with one attached hydrogen (secondary N) is 1. The van der Waals surface area contributed by atoms with Crippen LogP contribution in [0.3, 0.4) is 0 Å². The minimum atomic E-state index is -0.0288. The van der Waals surface area contributed by atoms with Crippen LogP contribution in [0, 0.1) is 11.3 Å². The van der Waals surface area contributed by atoms with Crippen LogP contribution < -0.4 is 0 Å². The van der Waals surface area contributed by atoms with Gasteiger partial charge < -0.3 is 20.0 Å². The van der Waals surface area contributed by atoms with Gasteiger partial charge in [-0.05, 0) is 6.42 Å². The van der Waals surface area contributed by atoms with Gasteiger partial charge in [0.2, 0.25) is 0 Å². The lowest BCUT2D eigenvalue weighted by Gasteiger charge is -2.28. The summed E-state index contributed by atoms with van der Waals surface area (Å²) >= 11 is 0. The third-order valence-electron chi connectivity index (χ3n) is 2.09. The van der Waals surface area contributed by atoms with E-state index in [1.54, 1.807) is 7.11 Å². The van der Waals surface area contributed by atoms with Gasteiger partial charge in [-0.25, -0.2) is 0 Å². The smallest absolute Gasteiger partial charge is 0.0850 e. The first-order valence-electron chi connectivity index (χ1n) is 4.06. The first-order chi connectivity index (χ1) is 5.77. The number of ether oxygens (including phenoxy) is 2. The molecule has 12 heavy (non-hydrogen) atoms. The number of rotatable bonds is 3. The third-order valence-corrected chi connectivity index (χ3v) is 2.09. The Morgan fingerprint density at radius 2 is 2.50 bits per heavy atom. The largest absolute Gasteiger partial charge is 0.396 e. The fourth-order valence-corrected chi connectivity index (χ4v) is 1.34. The van der Waals surface area contributed by atoms with Gasteiger partial charge in [0.1, 0.15) is 0 Å². The monoisotopic (exact) mass is 173 g/mol. The molecule has 0 aromatic rings. The van der Waals surface area contributed by atoms with Gasteiger partial charge in [-0.15, -0.1) is 0 Å². The molecule has 1 unspecified atom stereocenters. The summed E-state index contributed by atoms with van der Waals surface area (Å²) in [5.41, 5.74) is 0.491. The topological polar surface area (TPSA) is 62.5 Å². The molecule has 0 aromatic heterocycles. The molecule has 4 heteroatoms. The SMILES string of the molecule is COCC1C[C@@H](CO)C(=N)CO1. The van der Waals surface area contributed by atoms with Crippen molar-refractivity contribution in [2.45, 2.75) is 12.5 Å². The summed E-state index contributed by atoms with van der Waals surface area (Å²) in [6.45, 7) is 0.922. The van der Waals surface area contributed by atoms with Crippen molar-refractivity contribution in [1.29, 1.82) is 5.41 Å². The molecule has 2 N–H and O–H groups in total. The van der Waals surface area contributed by atoms with Gasteiger partial charge in [0, 0.05) is 18.7 Å². The molecule has 0 radical (unpaired) electrons. The standard InChI is InChI=1S/C8H15NO3/c1-11-4-7-2-6(3-10)8(9)5-12-7/h6-7,9-10H,2-5H2,1H3/t6-,7?/m0/s1. The van der Waals surface area contributed by atoms with Gasteiger partial charge in [-0.3, -0.25) is 0 Å². The zero-order chi connectivity index (χ0) is 8.97. The van der Waals surface area contributed by atoms with E-state index >= 15 is 0 Å². The summed E-state index contributed by atoms with van der Waals surface area (Å²) in [7, 11) is 1.62. The van der Waals surface area contributed by atoms with Gasteiger partial charge in [0.05, 0.1) is 25.9 Å². The molecule has 0 saturated carbocycles. The van der Waals surface area contributed by atoms with Crippen LogP contribution in [-0.2, 0) is 9.47 Å². The van der Waals surface area contributed by atoms with Crippen LogP contribution in [0.25, 0.3) is 0 Å². The van der Waals surface area contributed by atoms with E-state index in [1.807, 2.05) is 0 Å². The molecule has 1 aliphatic heterocycles. The maximum Gasteiger partial charge on any atom is 0.0850 e. The van der Waals surface area contributed by atoms with E-state index in [2.05, 4.69) is 0 Å². The number of aliphatic hydroxyl groups excluding tert-OH is 1. The maximum absolute atomic E-state index is 8.91. The van der Waals surface area contributed by atoms with E-state index in [9.17, 15) is 0 Å². The molecule has 1 aliphatic rings. The van der Waals surface area contributed by atoms with E-state index in [0.29, 0.717) is 25.3 Å². The number of methoxy groups -OCH3 is 1. The zero-order valence-corrected chi connectivity index (χ0v) is 7.25. The fourth-order valence-electron chi connectivity index (χ4n) is 1.34. The minimum Gasteiger partial charge on any atom is -0.396 e. The Kier molecular flexibility index (Phi) is 3.65. The molecule has 0 amide bonds. The summed E-state index contributed by atoms with van der Waals surface area (Å²) in [4.78, 5) is 0. The van der Waals surface area contributed by atoms with E-state index in [4.69, 9.17) is 20.0 Å². The van der Waals surface area contributed by atoms with Crippen LogP contribution in [0.4, 0.5) is 0 Å². The molecule has 0 aliphatic carbocycles. The average molecular weight is 173 g/mol. The molecule has 1 rings (SSSR count). The Bertz CT molecular complexity index is 160. The summed E-state index contributed by atoms with van der Waals surface area (Å²) in [6.07, 6.45) is 0.740. The highest BCUT2D eigenvalue weighted by Gasteiger charge is 2.25. The van der Waals surface area contributed by atoms with Gasteiger partial charge >= 0.3 is 0 Å². The lowest BCUT2D eigenvalue weighted by molar-refractivity contribution is -0.0129. The maximum atomic E-state index is 8.91. The highest BCUT2D eigenvalue weighted by molar-refractivity contribution is 5.85. The van der Waals surface area contributed by atoms with Crippen LogP contribution in [0.15, 0.2) is 0 Å². The Hall–Kier alpha value is -0.450. The van der Waals surface area contributed by atoms with Crippen molar-refractivity contribution in [2.75, 3.05) is 26.9 Å². The van der Waals surface area contributed by atoms with Crippen molar-refractivity contribution in [3.63, 3.8) is 0 Å². The summed E-state index contributed by atoms with van der Waals surface area (Å²) in [6, 6.07) is 0. The third kappa shape index (κ3) is 2.27. The predicted octanol–water partition coefficient (Wildman–Crippen LogP) is 0.0500. The van der Waals surface area contributed by atoms with Crippen molar-refractivity contribution in [3.05, 3.63) is 0 Å². The highest BCUT2D eigenvalue weighted by atomic mass is 16.5. The molecule has 2 atom stereocenters. The first-order valence-corrected chi connectivity index (χ1v) is 4.06. The Morgan fingerprint density at radius 1 is 1.75 bits per heavy atom. The number of aliphatic hydroxyl groups is 1. The molecule has 4 nitrogen and oxygen atoms in total. The van der Waals surface area contributed by atoms with Crippen molar-refractivity contribution >= 4 is 5.71 Å². The lowest BCUT2D eigenvalue weighted by Crippen LogP contribution is -2.37. The second-order valence-corrected chi connectivity index (χ2v) is 3.03. The van der Waals surface area contributed by atoms with Gasteiger partial charge in [-0.2, -0.15) is 0 Å². The van der Waals surface area contributed by atoms with Crippen molar-refractivity contribution in [2.24, 2.45) is 5.92 Å². The Labute approximate surface area is 72.0 Å². The first kappa shape index (κ1) is 9.64. The quantitative estimate of drug-likeness (QED) is 0.634. The second-order valence-electron chi connectivity index (χ2n) is 3.03. The van der Waals surface area contributed by atoms with Gasteiger partial charge in [0.25, 0.3) is 0 Å². The molecular formula is C8H15NO3. The molecular weight excluding hydrogens is 158 g/mol. The van der Waals surface area contributed by atoms with Crippen LogP contribution in [0.2, 0.25) is 0 Å². The molecule has 1 saturated heterocycles. The summed E-state index contributed by atoms with van der Waals surface area (Å²) in [5.74, 6) is -0.0288. The molecule has 0 bridgehead atoms. The molecule has 0 aromatic carbocycles. The van der Waals surface area contributed by atoms with Crippen LogP contribution >= 0.6 is 0 Å². The predicted molar refractivity (Wildman–Crippen MR) is 44.5 cm³/mol. The number of hydrogen-bond donors (Lipinski definition) is 2. The molecule has 0 spiro atoms. The van der Waals surface area contributed by atoms with E-state index in [-0.39, 0.29) is 18.6 Å². The number of hydrogen-bond acceptors (Lipinski definition) is 4. The average Bonchev–Trinajstić information content (AvgIpc) is 2.09. The van der Waals surface area contributed by atoms with Crippen molar-refractivity contribution in [3.8, 4) is 0 Å². The minimum absolute atomic E-state index is 0.0288. The Morgan fingerprint density at radius 3 is 3.08 bits per heavy atom. The molecule has 1 fully saturated rings. The van der Waals surface area contributed by atoms with E-state index in [1.165, 1.54) is 0 Å². The van der Waals surface area contributed by atoms with Gasteiger partial charge in [0.15, 0.2) is 0 Å². The van der Waals surface area contributed by atoms with Gasteiger partial charge in [-0.1, -0.05) is 0 Å². The highest BCUT2D eigenvalue weighted by Crippen LogP contribution is 2.17. The second kappa shape index (κ2) is 4.54. The Balaban J connectivity index is 2.38. The lowest BCUT2D eigenvalue weighted by atomic mass is 9.95. The summed E-state index contributed by atoms with van der Waals surface area (Å²) < 4.78 is 10.2. The molecule has 1 heterocycles. The van der Waals surface area contributed by atoms with Crippen LogP contribution in [0.1, 0.15) is 6.42 Å².